The number of rotatable bonds is 4. The first-order chi connectivity index (χ1) is 19.9. The standard InChI is InChI=1S/C19H26NSi.C18H13N2O.Ir/c1-19(2,3)13-16-12-17(15-10-8-7-9-11-15)20-14-18(16)21(4,5)6;1-11-8-9-19-16(10-11)15-5-3-4-13-14-7-6-12(2)20-18(14)21-17(13)15;/h7-10,12,14H,13H2,1-6H3;3-4,6-10H,1-2H3;/q2*-1;. The first-order valence-electron chi connectivity index (χ1n) is 14.5. The number of aromatic nitrogens is 3. The zero-order chi connectivity index (χ0) is 30.1. The molecule has 6 rings (SSSR count). The van der Waals surface area contributed by atoms with Gasteiger partial charge in [-0.3, -0.25) is 0 Å². The Hall–Kier alpha value is -3.44. The van der Waals surface area contributed by atoms with Gasteiger partial charge in [0.05, 0.1) is 13.7 Å². The van der Waals surface area contributed by atoms with Gasteiger partial charge in [-0.15, -0.1) is 54.1 Å². The minimum absolute atomic E-state index is 0. The summed E-state index contributed by atoms with van der Waals surface area (Å²) in [5.41, 5.74) is 9.19. The normalized spacial score (nSPS) is 11.6. The van der Waals surface area contributed by atoms with Crippen molar-refractivity contribution in [2.75, 3.05) is 0 Å². The number of furan rings is 1. The van der Waals surface area contributed by atoms with Crippen molar-refractivity contribution in [2.45, 2.75) is 60.7 Å². The van der Waals surface area contributed by atoms with Crippen molar-refractivity contribution in [2.24, 2.45) is 5.41 Å². The Morgan fingerprint density at radius 2 is 1.63 bits per heavy atom. The van der Waals surface area contributed by atoms with Crippen LogP contribution in [-0.2, 0) is 26.5 Å². The Balaban J connectivity index is 0.000000192. The van der Waals surface area contributed by atoms with Crippen molar-refractivity contribution in [3.05, 3.63) is 108 Å². The molecule has 6 heteroatoms. The summed E-state index contributed by atoms with van der Waals surface area (Å²) in [4.78, 5) is 13.6. The number of pyridine rings is 3. The Morgan fingerprint density at radius 1 is 0.837 bits per heavy atom. The summed E-state index contributed by atoms with van der Waals surface area (Å²) in [6.45, 7) is 18.1. The van der Waals surface area contributed by atoms with Crippen LogP contribution in [0.15, 0.2) is 83.5 Å². The molecule has 0 spiro atoms. The van der Waals surface area contributed by atoms with Gasteiger partial charge in [0, 0.05) is 43.6 Å². The summed E-state index contributed by atoms with van der Waals surface area (Å²) in [6.07, 6.45) is 5.01. The van der Waals surface area contributed by atoms with Gasteiger partial charge < -0.3 is 14.4 Å². The molecule has 0 saturated carbocycles. The number of aryl methyl sites for hydroxylation is 2. The van der Waals surface area contributed by atoms with Crippen LogP contribution < -0.4 is 5.19 Å². The molecule has 6 aromatic rings. The molecule has 0 bridgehead atoms. The van der Waals surface area contributed by atoms with Crippen LogP contribution in [0.2, 0.25) is 19.6 Å². The number of benzene rings is 2. The van der Waals surface area contributed by atoms with Crippen LogP contribution in [0.5, 0.6) is 0 Å². The maximum absolute atomic E-state index is 5.98. The van der Waals surface area contributed by atoms with E-state index in [1.807, 2.05) is 61.7 Å². The predicted molar refractivity (Wildman–Crippen MR) is 178 cm³/mol. The molecule has 0 aliphatic heterocycles. The Kier molecular flexibility index (Phi) is 9.85. The quantitative estimate of drug-likeness (QED) is 0.133. The Labute approximate surface area is 270 Å². The second-order valence-corrected chi connectivity index (χ2v) is 18.3. The fourth-order valence-electron chi connectivity index (χ4n) is 5.17. The predicted octanol–water partition coefficient (Wildman–Crippen LogP) is 9.14. The SMILES string of the molecule is CC(C)(C)Cc1cc(-c2[c-]cccc2)ncc1[Si](C)(C)C.Cc1ccnc(-c2[c-]ccc3c2oc2nc(C)ccc23)c1.[Ir]. The van der Waals surface area contributed by atoms with Crippen molar-refractivity contribution < 1.29 is 24.5 Å². The van der Waals surface area contributed by atoms with Gasteiger partial charge in [0.1, 0.15) is 0 Å². The molecular weight excluding hydrogens is 723 g/mol. The smallest absolute Gasteiger partial charge is 0.216 e. The average Bonchev–Trinajstić information content (AvgIpc) is 3.30. The molecule has 0 fully saturated rings. The van der Waals surface area contributed by atoms with E-state index < -0.39 is 8.07 Å². The molecule has 2 aromatic carbocycles. The van der Waals surface area contributed by atoms with Gasteiger partial charge in [0.25, 0.3) is 0 Å². The number of fused-ring (bicyclic) bond motifs is 3. The fraction of sp³-hybridized carbons (Fsp3) is 0.270. The zero-order valence-electron chi connectivity index (χ0n) is 26.3. The van der Waals surface area contributed by atoms with E-state index in [1.54, 1.807) is 0 Å². The Bertz CT molecular complexity index is 1850. The van der Waals surface area contributed by atoms with Gasteiger partial charge in [-0.25, -0.2) is 4.98 Å². The molecule has 4 nitrogen and oxygen atoms in total. The van der Waals surface area contributed by atoms with E-state index in [-0.39, 0.29) is 25.5 Å². The molecule has 0 unspecified atom stereocenters. The summed E-state index contributed by atoms with van der Waals surface area (Å²) in [7, 11) is -1.37. The van der Waals surface area contributed by atoms with Crippen LogP contribution in [-0.4, -0.2) is 23.0 Å². The molecule has 0 N–H and O–H groups in total. The molecule has 43 heavy (non-hydrogen) atoms. The van der Waals surface area contributed by atoms with Gasteiger partial charge >= 0.3 is 0 Å². The van der Waals surface area contributed by atoms with E-state index in [0.717, 1.165) is 56.5 Å². The molecule has 0 aliphatic rings. The third-order valence-corrected chi connectivity index (χ3v) is 9.18. The number of nitrogens with zero attached hydrogens (tertiary/aromatic N) is 3. The van der Waals surface area contributed by atoms with Gasteiger partial charge in [0.15, 0.2) is 0 Å². The second kappa shape index (κ2) is 13.0. The zero-order valence-corrected chi connectivity index (χ0v) is 29.7. The first kappa shape index (κ1) is 32.5. The van der Waals surface area contributed by atoms with Gasteiger partial charge in [-0.2, -0.15) is 0 Å². The van der Waals surface area contributed by atoms with Crippen LogP contribution in [0.1, 0.15) is 37.6 Å². The van der Waals surface area contributed by atoms with Crippen molar-refractivity contribution >= 4 is 35.3 Å². The van der Waals surface area contributed by atoms with Crippen LogP contribution in [0, 0.1) is 31.4 Å². The van der Waals surface area contributed by atoms with E-state index in [1.165, 1.54) is 10.8 Å². The molecule has 4 aromatic heterocycles. The fourth-order valence-corrected chi connectivity index (χ4v) is 6.74. The molecule has 0 atom stereocenters. The van der Waals surface area contributed by atoms with Gasteiger partial charge in [-0.1, -0.05) is 74.6 Å². The largest absolute Gasteiger partial charge is 0.486 e. The minimum Gasteiger partial charge on any atom is -0.486 e. The van der Waals surface area contributed by atoms with Crippen LogP contribution in [0.3, 0.4) is 0 Å². The molecule has 4 heterocycles. The van der Waals surface area contributed by atoms with E-state index in [0.29, 0.717) is 5.71 Å². The summed E-state index contributed by atoms with van der Waals surface area (Å²) in [5.74, 6) is 0. The Morgan fingerprint density at radius 3 is 2.30 bits per heavy atom. The second-order valence-electron chi connectivity index (χ2n) is 13.2. The molecule has 0 aliphatic carbocycles. The van der Waals surface area contributed by atoms with Crippen molar-refractivity contribution in [3.8, 4) is 22.5 Å². The third kappa shape index (κ3) is 7.75. The third-order valence-electron chi connectivity index (χ3n) is 7.11. The summed E-state index contributed by atoms with van der Waals surface area (Å²) >= 11 is 0. The van der Waals surface area contributed by atoms with Crippen molar-refractivity contribution in [1.82, 2.24) is 15.0 Å². The summed E-state index contributed by atoms with van der Waals surface area (Å²) < 4.78 is 5.98. The minimum atomic E-state index is -1.37. The van der Waals surface area contributed by atoms with Crippen LogP contribution in [0.4, 0.5) is 0 Å². The van der Waals surface area contributed by atoms with E-state index in [9.17, 15) is 0 Å². The van der Waals surface area contributed by atoms with Crippen LogP contribution >= 0.6 is 0 Å². The monoisotopic (exact) mass is 762 g/mol. The van der Waals surface area contributed by atoms with Crippen LogP contribution in [0.25, 0.3) is 44.6 Å². The van der Waals surface area contributed by atoms with E-state index in [4.69, 9.17) is 9.40 Å². The average molecular weight is 762 g/mol. The maximum Gasteiger partial charge on any atom is 0.216 e. The van der Waals surface area contributed by atoms with Gasteiger partial charge in [-0.05, 0) is 60.5 Å². The summed E-state index contributed by atoms with van der Waals surface area (Å²) in [6, 6.07) is 28.9. The summed E-state index contributed by atoms with van der Waals surface area (Å²) in [5, 5.41) is 3.56. The number of hydrogen-bond acceptors (Lipinski definition) is 4. The van der Waals surface area contributed by atoms with Gasteiger partial charge in [0.2, 0.25) is 5.71 Å². The first-order valence-corrected chi connectivity index (χ1v) is 18.0. The maximum atomic E-state index is 5.98. The topological polar surface area (TPSA) is 51.8 Å². The molecule has 0 amide bonds. The molecular formula is C37H39IrN3OSi-2. The van der Waals surface area contributed by atoms with Crippen molar-refractivity contribution in [1.29, 1.82) is 0 Å². The number of hydrogen-bond donors (Lipinski definition) is 0. The molecule has 1 radical (unpaired) electrons. The van der Waals surface area contributed by atoms with E-state index >= 15 is 0 Å². The molecule has 223 valence electrons. The van der Waals surface area contributed by atoms with Crippen molar-refractivity contribution in [3.63, 3.8) is 0 Å². The van der Waals surface area contributed by atoms with E-state index in [2.05, 4.69) is 93.8 Å². The molecule has 0 saturated heterocycles.